The fourth-order valence-corrected chi connectivity index (χ4v) is 5.80. The van der Waals surface area contributed by atoms with Crippen molar-refractivity contribution >= 4 is 45.7 Å². The van der Waals surface area contributed by atoms with Gasteiger partial charge in [0.25, 0.3) is 5.56 Å². The first-order valence-electron chi connectivity index (χ1n) is 11.1. The molecule has 1 saturated heterocycles. The molecule has 8 nitrogen and oxygen atoms in total. The molecule has 36 heavy (non-hydrogen) atoms. The number of carbonyl (C=O) groups is 1. The molecule has 2 N–H and O–H groups in total. The average Bonchev–Trinajstić information content (AvgIpc) is 3.30. The first-order valence-corrected chi connectivity index (χ1v) is 11.9. The van der Waals surface area contributed by atoms with E-state index in [1.54, 1.807) is 4.57 Å². The van der Waals surface area contributed by atoms with Crippen LogP contribution in [0.3, 0.4) is 0 Å². The van der Waals surface area contributed by atoms with Crippen LogP contribution in [0.1, 0.15) is 48.9 Å². The summed E-state index contributed by atoms with van der Waals surface area (Å²) in [6.45, 7) is 3.19. The second kappa shape index (κ2) is 9.42. The van der Waals surface area contributed by atoms with Crippen LogP contribution in [0.5, 0.6) is 0 Å². The summed E-state index contributed by atoms with van der Waals surface area (Å²) < 4.78 is 55.8. The second-order valence-corrected chi connectivity index (χ2v) is 9.83. The van der Waals surface area contributed by atoms with Crippen LogP contribution in [-0.4, -0.2) is 38.2 Å². The minimum atomic E-state index is -4.70. The van der Waals surface area contributed by atoms with E-state index in [-0.39, 0.29) is 52.0 Å². The Morgan fingerprint density at radius 2 is 2.00 bits per heavy atom. The van der Waals surface area contributed by atoms with Crippen molar-refractivity contribution in [1.29, 1.82) is 0 Å². The van der Waals surface area contributed by atoms with Crippen LogP contribution >= 0.6 is 28.3 Å². The van der Waals surface area contributed by atoms with E-state index in [2.05, 4.69) is 36.6 Å². The fraction of sp³-hybridized carbons (Fsp3) is 0.455. The summed E-state index contributed by atoms with van der Waals surface area (Å²) in [6.07, 6.45) is -2.43. The molecule has 1 fully saturated rings. The Bertz CT molecular complexity index is 1400. The van der Waals surface area contributed by atoms with E-state index in [0.717, 1.165) is 42.9 Å². The van der Waals surface area contributed by atoms with Crippen molar-refractivity contribution in [2.45, 2.75) is 50.2 Å². The molecule has 0 saturated carbocycles. The molecule has 1 unspecified atom stereocenters. The number of rotatable bonds is 3. The van der Waals surface area contributed by atoms with Crippen molar-refractivity contribution in [2.75, 3.05) is 18.4 Å². The largest absolute Gasteiger partial charge is 0.416 e. The number of piperidine rings is 1. The van der Waals surface area contributed by atoms with Gasteiger partial charge in [-0.1, -0.05) is 6.92 Å². The maximum absolute atomic E-state index is 14.3. The summed E-state index contributed by atoms with van der Waals surface area (Å²) in [5, 5.41) is 9.82. The van der Waals surface area contributed by atoms with Crippen LogP contribution in [0.4, 0.5) is 23.2 Å². The van der Waals surface area contributed by atoms with Gasteiger partial charge in [0.1, 0.15) is 12.4 Å². The van der Waals surface area contributed by atoms with E-state index in [9.17, 15) is 27.2 Å². The highest BCUT2D eigenvalue weighted by atomic mass is 79.9. The van der Waals surface area contributed by atoms with Crippen LogP contribution in [0.25, 0.3) is 5.78 Å². The molecule has 1 atom stereocenters. The number of nitrogens with one attached hydrogen (secondary N) is 2. The molecule has 1 amide bonds. The number of aromatic nitrogens is 4. The Labute approximate surface area is 217 Å². The Morgan fingerprint density at radius 1 is 1.31 bits per heavy atom. The molecule has 1 aromatic carbocycles. The fourth-order valence-electron chi connectivity index (χ4n) is 5.49. The van der Waals surface area contributed by atoms with Gasteiger partial charge in [0, 0.05) is 16.7 Å². The van der Waals surface area contributed by atoms with E-state index in [1.807, 2.05) is 6.92 Å². The van der Waals surface area contributed by atoms with E-state index < -0.39 is 23.5 Å². The van der Waals surface area contributed by atoms with Crippen molar-refractivity contribution in [3.05, 3.63) is 55.9 Å². The van der Waals surface area contributed by atoms with Gasteiger partial charge in [-0.25, -0.2) is 4.39 Å². The topological polar surface area (TPSA) is 93.3 Å². The van der Waals surface area contributed by atoms with Crippen molar-refractivity contribution in [1.82, 2.24) is 24.5 Å². The molecule has 14 heteroatoms. The van der Waals surface area contributed by atoms with E-state index in [0.29, 0.717) is 23.4 Å². The lowest BCUT2D eigenvalue weighted by molar-refractivity contribution is -0.137. The summed E-state index contributed by atoms with van der Waals surface area (Å²) >= 11 is 3.19. The van der Waals surface area contributed by atoms with Gasteiger partial charge in [-0.2, -0.15) is 22.7 Å². The normalized spacial score (nSPS) is 18.8. The number of hydrogen-bond acceptors (Lipinski definition) is 5. The maximum atomic E-state index is 14.3. The van der Waals surface area contributed by atoms with Crippen LogP contribution < -0.4 is 16.2 Å². The van der Waals surface area contributed by atoms with Gasteiger partial charge in [-0.05, 0) is 72.4 Å². The lowest BCUT2D eigenvalue weighted by Gasteiger charge is -2.34. The number of anilines is 1. The smallest absolute Gasteiger partial charge is 0.322 e. The van der Waals surface area contributed by atoms with Gasteiger partial charge in [-0.15, -0.1) is 17.5 Å². The van der Waals surface area contributed by atoms with Crippen LogP contribution in [0.2, 0.25) is 0 Å². The molecule has 3 heterocycles. The van der Waals surface area contributed by atoms with Gasteiger partial charge < -0.3 is 15.2 Å². The zero-order valence-corrected chi connectivity index (χ0v) is 21.4. The molecule has 0 bridgehead atoms. The summed E-state index contributed by atoms with van der Waals surface area (Å²) in [6, 6.07) is 1.91. The molecule has 5 rings (SSSR count). The first-order chi connectivity index (χ1) is 16.5. The lowest BCUT2D eigenvalue weighted by atomic mass is 9.74. The molecule has 1 aliphatic carbocycles. The number of benzene rings is 1. The van der Waals surface area contributed by atoms with Crippen molar-refractivity contribution < 1.29 is 22.4 Å². The third-order valence-electron chi connectivity index (χ3n) is 6.89. The Balaban J connectivity index is 0.00000304. The van der Waals surface area contributed by atoms with Crippen LogP contribution in [-0.2, 0) is 22.9 Å². The maximum Gasteiger partial charge on any atom is 0.416 e. The van der Waals surface area contributed by atoms with Gasteiger partial charge in [-0.3, -0.25) is 9.59 Å². The molecule has 3 aromatic rings. The van der Waals surface area contributed by atoms with Crippen LogP contribution in [0.15, 0.2) is 27.7 Å². The highest BCUT2D eigenvalue weighted by molar-refractivity contribution is 9.10. The van der Waals surface area contributed by atoms with Gasteiger partial charge in [0.05, 0.1) is 11.3 Å². The predicted octanol–water partition coefficient (Wildman–Crippen LogP) is 4.00. The number of carbonyl (C=O) groups excluding carboxylic acids is 1. The van der Waals surface area contributed by atoms with Gasteiger partial charge in [0.15, 0.2) is 0 Å². The first kappa shape index (κ1) is 26.6. The van der Waals surface area contributed by atoms with E-state index in [4.69, 9.17) is 0 Å². The molecule has 2 aliphatic rings. The Morgan fingerprint density at radius 3 is 2.64 bits per heavy atom. The number of alkyl halides is 3. The molecule has 1 spiro atoms. The number of fused-ring (bicyclic) bond motifs is 3. The molecule has 1 aliphatic heterocycles. The summed E-state index contributed by atoms with van der Waals surface area (Å²) in [5.74, 6) is -1.77. The quantitative estimate of drug-likeness (QED) is 0.448. The minimum Gasteiger partial charge on any atom is -0.322 e. The second-order valence-electron chi connectivity index (χ2n) is 9.12. The zero-order chi connectivity index (χ0) is 25.1. The standard InChI is InChI=1S/C22H21BrF4N6O2.ClH/c1-11-9-21(4-6-28-7-5-21)16-17(11)32(20-30-19(23)31-33(20)18(16)35)10-15(34)29-14-3-2-12(8-13(14)24)22(25,26)27;/h2-3,8,11,28H,4-7,9-10H2,1H3,(H,29,34);1H. The summed E-state index contributed by atoms with van der Waals surface area (Å²) in [7, 11) is 0. The monoisotopic (exact) mass is 592 g/mol. The Kier molecular flexibility index (Phi) is 6.95. The summed E-state index contributed by atoms with van der Waals surface area (Å²) in [4.78, 5) is 30.7. The lowest BCUT2D eigenvalue weighted by Crippen LogP contribution is -2.42. The molecular formula is C22H22BrClF4N6O2. The number of nitrogens with zero attached hydrogens (tertiary/aromatic N) is 4. The zero-order valence-electron chi connectivity index (χ0n) is 19.0. The van der Waals surface area contributed by atoms with Crippen molar-refractivity contribution in [3.8, 4) is 0 Å². The molecule has 0 radical (unpaired) electrons. The predicted molar refractivity (Wildman–Crippen MR) is 129 cm³/mol. The highest BCUT2D eigenvalue weighted by Gasteiger charge is 2.47. The molecule has 194 valence electrons. The average molecular weight is 594 g/mol. The summed E-state index contributed by atoms with van der Waals surface area (Å²) in [5.41, 5.74) is -0.840. The third-order valence-corrected chi connectivity index (χ3v) is 7.22. The van der Waals surface area contributed by atoms with Crippen molar-refractivity contribution in [3.63, 3.8) is 0 Å². The third kappa shape index (κ3) is 4.41. The molecular weight excluding hydrogens is 572 g/mol. The highest BCUT2D eigenvalue weighted by Crippen LogP contribution is 2.49. The van der Waals surface area contributed by atoms with Gasteiger partial charge in [0.2, 0.25) is 16.4 Å². The number of halogens is 6. The van der Waals surface area contributed by atoms with Crippen molar-refractivity contribution in [2.24, 2.45) is 0 Å². The number of amides is 1. The minimum absolute atomic E-state index is 0. The number of hydrogen-bond donors (Lipinski definition) is 2. The van der Waals surface area contributed by atoms with Crippen LogP contribution in [0, 0.1) is 5.82 Å². The Hall–Kier alpha value is -2.51. The molecule has 2 aromatic heterocycles. The van der Waals surface area contributed by atoms with E-state index in [1.165, 1.54) is 0 Å². The van der Waals surface area contributed by atoms with Gasteiger partial charge >= 0.3 is 6.18 Å². The van der Waals surface area contributed by atoms with E-state index >= 15 is 0 Å². The SMILES string of the molecule is CC1CC2(CCNCC2)c2c1n(CC(=O)Nc1ccc(C(F)(F)F)cc1F)c1nc(Br)nn1c2=O.Cl.